The Bertz CT molecular complexity index is 324. The van der Waals surface area contributed by atoms with Gasteiger partial charge in [0.05, 0.1) is 6.61 Å². The van der Waals surface area contributed by atoms with Gasteiger partial charge in [0.25, 0.3) is 0 Å². The van der Waals surface area contributed by atoms with Crippen molar-refractivity contribution in [2.24, 2.45) is 5.92 Å². The standard InChI is InChI=1S/C15H25NOS/c1-5-17-14-8-6-13(7-9-14)15(16-4)11-18-10-12(2)3/h6-9,12,15-16H,5,10-11H2,1-4H3. The average Bonchev–Trinajstić information content (AvgIpc) is 2.36. The molecule has 102 valence electrons. The van der Waals surface area contributed by atoms with Crippen molar-refractivity contribution in [2.75, 3.05) is 25.2 Å². The van der Waals surface area contributed by atoms with E-state index in [1.54, 1.807) is 0 Å². The summed E-state index contributed by atoms with van der Waals surface area (Å²) in [5.74, 6) is 4.04. The summed E-state index contributed by atoms with van der Waals surface area (Å²) >= 11 is 2.01. The second-order valence-corrected chi connectivity index (χ2v) is 5.85. The van der Waals surface area contributed by atoms with E-state index >= 15 is 0 Å². The smallest absolute Gasteiger partial charge is 0.119 e. The van der Waals surface area contributed by atoms with Crippen molar-refractivity contribution in [3.63, 3.8) is 0 Å². The van der Waals surface area contributed by atoms with Gasteiger partial charge in [0.1, 0.15) is 5.75 Å². The van der Waals surface area contributed by atoms with Crippen LogP contribution in [0.1, 0.15) is 32.4 Å². The lowest BCUT2D eigenvalue weighted by Crippen LogP contribution is -2.19. The third-order valence-electron chi connectivity index (χ3n) is 2.68. The fraction of sp³-hybridized carbons (Fsp3) is 0.600. The lowest BCUT2D eigenvalue weighted by atomic mass is 10.1. The Balaban J connectivity index is 2.53. The summed E-state index contributed by atoms with van der Waals surface area (Å²) in [6.07, 6.45) is 0. The molecule has 0 saturated heterocycles. The fourth-order valence-electron chi connectivity index (χ4n) is 1.73. The van der Waals surface area contributed by atoms with Gasteiger partial charge in [-0.1, -0.05) is 26.0 Å². The first-order valence-electron chi connectivity index (χ1n) is 6.65. The Hall–Kier alpha value is -0.670. The summed E-state index contributed by atoms with van der Waals surface area (Å²) in [6.45, 7) is 7.25. The molecule has 0 saturated carbocycles. The van der Waals surface area contributed by atoms with Gasteiger partial charge in [0, 0.05) is 11.8 Å². The van der Waals surface area contributed by atoms with Crippen LogP contribution in [-0.2, 0) is 0 Å². The number of nitrogens with one attached hydrogen (secondary N) is 1. The molecule has 1 aromatic rings. The highest BCUT2D eigenvalue weighted by atomic mass is 32.2. The van der Waals surface area contributed by atoms with Crippen LogP contribution in [-0.4, -0.2) is 25.2 Å². The minimum Gasteiger partial charge on any atom is -0.494 e. The van der Waals surface area contributed by atoms with Crippen molar-refractivity contribution in [2.45, 2.75) is 26.8 Å². The molecule has 0 aromatic heterocycles. The van der Waals surface area contributed by atoms with Crippen LogP contribution >= 0.6 is 11.8 Å². The highest BCUT2D eigenvalue weighted by Gasteiger charge is 2.09. The molecule has 1 rings (SSSR count). The molecule has 0 spiro atoms. The van der Waals surface area contributed by atoms with Crippen molar-refractivity contribution in [3.05, 3.63) is 29.8 Å². The predicted molar refractivity (Wildman–Crippen MR) is 81.6 cm³/mol. The molecular weight excluding hydrogens is 242 g/mol. The molecular formula is C15H25NOS. The van der Waals surface area contributed by atoms with Crippen molar-refractivity contribution in [3.8, 4) is 5.75 Å². The molecule has 1 atom stereocenters. The molecule has 1 aromatic carbocycles. The summed E-state index contributed by atoms with van der Waals surface area (Å²) in [7, 11) is 2.02. The number of hydrogen-bond acceptors (Lipinski definition) is 3. The van der Waals surface area contributed by atoms with Crippen LogP contribution < -0.4 is 10.1 Å². The van der Waals surface area contributed by atoms with Gasteiger partial charge in [-0.2, -0.15) is 11.8 Å². The SMILES string of the molecule is CCOc1ccc(C(CSCC(C)C)NC)cc1. The van der Waals surface area contributed by atoms with Crippen LogP contribution in [0.15, 0.2) is 24.3 Å². The van der Waals surface area contributed by atoms with Crippen LogP contribution in [0.4, 0.5) is 0 Å². The van der Waals surface area contributed by atoms with Gasteiger partial charge in [-0.3, -0.25) is 0 Å². The van der Waals surface area contributed by atoms with Crippen LogP contribution in [0.3, 0.4) is 0 Å². The molecule has 3 heteroatoms. The third kappa shape index (κ3) is 5.32. The Morgan fingerprint density at radius 3 is 2.33 bits per heavy atom. The number of rotatable bonds is 8. The maximum Gasteiger partial charge on any atom is 0.119 e. The first-order chi connectivity index (χ1) is 8.67. The van der Waals surface area contributed by atoms with Gasteiger partial charge >= 0.3 is 0 Å². The van der Waals surface area contributed by atoms with Crippen LogP contribution in [0.5, 0.6) is 5.75 Å². The van der Waals surface area contributed by atoms with E-state index in [0.717, 1.165) is 24.0 Å². The summed E-state index contributed by atoms with van der Waals surface area (Å²) < 4.78 is 5.46. The van der Waals surface area contributed by atoms with E-state index in [2.05, 4.69) is 43.4 Å². The second kappa shape index (κ2) is 8.44. The number of thioether (sulfide) groups is 1. The van der Waals surface area contributed by atoms with E-state index in [1.165, 1.54) is 11.3 Å². The van der Waals surface area contributed by atoms with Crippen LogP contribution in [0, 0.1) is 5.92 Å². The minimum atomic E-state index is 0.421. The van der Waals surface area contributed by atoms with Crippen LogP contribution in [0.25, 0.3) is 0 Å². The van der Waals surface area contributed by atoms with Crippen molar-refractivity contribution in [1.82, 2.24) is 5.32 Å². The van der Waals surface area contributed by atoms with Crippen molar-refractivity contribution in [1.29, 1.82) is 0 Å². The molecule has 0 aliphatic heterocycles. The number of benzene rings is 1. The highest BCUT2D eigenvalue weighted by molar-refractivity contribution is 7.99. The van der Waals surface area contributed by atoms with Crippen LogP contribution in [0.2, 0.25) is 0 Å². The maximum atomic E-state index is 5.46. The molecule has 0 radical (unpaired) electrons. The summed E-state index contributed by atoms with van der Waals surface area (Å²) in [4.78, 5) is 0. The van der Waals surface area contributed by atoms with Gasteiger partial charge in [-0.15, -0.1) is 0 Å². The Kier molecular flexibility index (Phi) is 7.21. The van der Waals surface area contributed by atoms with E-state index in [1.807, 2.05) is 25.7 Å². The number of ether oxygens (including phenoxy) is 1. The van der Waals surface area contributed by atoms with Gasteiger partial charge in [-0.25, -0.2) is 0 Å². The van der Waals surface area contributed by atoms with E-state index < -0.39 is 0 Å². The second-order valence-electron chi connectivity index (χ2n) is 4.77. The quantitative estimate of drug-likeness (QED) is 0.775. The Morgan fingerprint density at radius 2 is 1.83 bits per heavy atom. The monoisotopic (exact) mass is 267 g/mol. The zero-order valence-electron chi connectivity index (χ0n) is 11.9. The van der Waals surface area contributed by atoms with Gasteiger partial charge in [0.15, 0.2) is 0 Å². The van der Waals surface area contributed by atoms with E-state index in [4.69, 9.17) is 4.74 Å². The molecule has 0 bridgehead atoms. The molecule has 0 heterocycles. The highest BCUT2D eigenvalue weighted by Crippen LogP contribution is 2.22. The predicted octanol–water partition coefficient (Wildman–Crippen LogP) is 3.74. The molecule has 1 N–H and O–H groups in total. The van der Waals surface area contributed by atoms with E-state index in [-0.39, 0.29) is 0 Å². The molecule has 2 nitrogen and oxygen atoms in total. The number of hydrogen-bond donors (Lipinski definition) is 1. The molecule has 1 unspecified atom stereocenters. The first kappa shape index (κ1) is 15.4. The summed E-state index contributed by atoms with van der Waals surface area (Å²) in [5.41, 5.74) is 1.33. The zero-order chi connectivity index (χ0) is 13.4. The summed E-state index contributed by atoms with van der Waals surface area (Å²) in [5, 5.41) is 3.38. The fourth-order valence-corrected chi connectivity index (χ4v) is 2.93. The third-order valence-corrected chi connectivity index (χ3v) is 4.15. The zero-order valence-corrected chi connectivity index (χ0v) is 12.7. The van der Waals surface area contributed by atoms with Crippen molar-refractivity contribution >= 4 is 11.8 Å². The Morgan fingerprint density at radius 1 is 1.17 bits per heavy atom. The first-order valence-corrected chi connectivity index (χ1v) is 7.80. The summed E-state index contributed by atoms with van der Waals surface area (Å²) in [6, 6.07) is 8.83. The van der Waals surface area contributed by atoms with Gasteiger partial charge in [0.2, 0.25) is 0 Å². The lowest BCUT2D eigenvalue weighted by Gasteiger charge is -2.17. The minimum absolute atomic E-state index is 0.421. The van der Waals surface area contributed by atoms with Gasteiger partial charge in [-0.05, 0) is 43.3 Å². The normalized spacial score (nSPS) is 12.7. The lowest BCUT2D eigenvalue weighted by molar-refractivity contribution is 0.340. The molecule has 0 fully saturated rings. The van der Waals surface area contributed by atoms with Gasteiger partial charge < -0.3 is 10.1 Å². The molecule has 18 heavy (non-hydrogen) atoms. The maximum absolute atomic E-state index is 5.46. The average molecular weight is 267 g/mol. The molecule has 0 amide bonds. The molecule has 0 aliphatic carbocycles. The Labute approximate surface area is 116 Å². The van der Waals surface area contributed by atoms with E-state index in [0.29, 0.717) is 6.04 Å². The van der Waals surface area contributed by atoms with Crippen molar-refractivity contribution < 1.29 is 4.74 Å². The topological polar surface area (TPSA) is 21.3 Å². The molecule has 0 aliphatic rings. The largest absolute Gasteiger partial charge is 0.494 e. The van der Waals surface area contributed by atoms with E-state index in [9.17, 15) is 0 Å².